The molecule has 1 aliphatic rings. The molecule has 1 aliphatic heterocycles. The fraction of sp³-hybridized carbons (Fsp3) is 0.625. The maximum Gasteiger partial charge on any atom is 0.422 e. The molecule has 1 aromatic carbocycles. The summed E-state index contributed by atoms with van der Waals surface area (Å²) < 4.78 is 52.2. The highest BCUT2D eigenvalue weighted by Gasteiger charge is 2.29. The normalized spacial score (nSPS) is 19.6. The summed E-state index contributed by atoms with van der Waals surface area (Å²) in [6.07, 6.45) is -2.04. The lowest BCUT2D eigenvalue weighted by Gasteiger charge is -2.20. The monoisotopic (exact) mass is 333 g/mol. The molecule has 0 radical (unpaired) electrons. The molecule has 2 rings (SSSR count). The third-order valence-corrected chi connectivity index (χ3v) is 3.77. The zero-order valence-corrected chi connectivity index (χ0v) is 13.3. The first-order chi connectivity index (χ1) is 10.9. The highest BCUT2D eigenvalue weighted by Crippen LogP contribution is 2.30. The Morgan fingerprint density at radius 2 is 2.13 bits per heavy atom. The SMILES string of the molecule is COc1cc(CNC(C)C2CCCO2)ccc1OCC(F)(F)F. The zero-order chi connectivity index (χ0) is 16.9. The summed E-state index contributed by atoms with van der Waals surface area (Å²) in [6, 6.07) is 5.12. The molecule has 0 bridgehead atoms. The average Bonchev–Trinajstić information content (AvgIpc) is 3.04. The molecule has 1 heterocycles. The molecule has 1 N–H and O–H groups in total. The molecule has 0 aromatic heterocycles. The molecule has 130 valence electrons. The molecular weight excluding hydrogens is 311 g/mol. The molecule has 1 saturated heterocycles. The summed E-state index contributed by atoms with van der Waals surface area (Å²) in [5.41, 5.74) is 0.908. The number of halogens is 3. The van der Waals surface area contributed by atoms with E-state index in [0.717, 1.165) is 25.0 Å². The van der Waals surface area contributed by atoms with Crippen molar-refractivity contribution in [1.82, 2.24) is 5.32 Å². The van der Waals surface area contributed by atoms with Gasteiger partial charge in [0.15, 0.2) is 18.1 Å². The van der Waals surface area contributed by atoms with Crippen LogP contribution in [0, 0.1) is 0 Å². The number of methoxy groups -OCH3 is 1. The first-order valence-corrected chi connectivity index (χ1v) is 7.60. The van der Waals surface area contributed by atoms with Crippen LogP contribution in [0.15, 0.2) is 18.2 Å². The van der Waals surface area contributed by atoms with Gasteiger partial charge in [-0.1, -0.05) is 6.07 Å². The predicted molar refractivity (Wildman–Crippen MR) is 79.8 cm³/mol. The lowest BCUT2D eigenvalue weighted by Crippen LogP contribution is -2.36. The Hall–Kier alpha value is -1.47. The highest BCUT2D eigenvalue weighted by atomic mass is 19.4. The zero-order valence-electron chi connectivity index (χ0n) is 13.3. The van der Waals surface area contributed by atoms with Crippen molar-refractivity contribution in [2.45, 2.75) is 44.6 Å². The van der Waals surface area contributed by atoms with Crippen LogP contribution in [0.1, 0.15) is 25.3 Å². The molecule has 4 nitrogen and oxygen atoms in total. The summed E-state index contributed by atoms with van der Waals surface area (Å²) in [4.78, 5) is 0. The van der Waals surface area contributed by atoms with E-state index in [-0.39, 0.29) is 17.9 Å². The Morgan fingerprint density at radius 1 is 1.35 bits per heavy atom. The van der Waals surface area contributed by atoms with Crippen LogP contribution in [0.2, 0.25) is 0 Å². The van der Waals surface area contributed by atoms with Crippen molar-refractivity contribution < 1.29 is 27.4 Å². The number of hydrogen-bond donors (Lipinski definition) is 1. The molecule has 7 heteroatoms. The summed E-state index contributed by atoms with van der Waals surface area (Å²) in [6.45, 7) is 2.11. The first-order valence-electron chi connectivity index (χ1n) is 7.60. The number of rotatable bonds is 7. The Balaban J connectivity index is 1.92. The summed E-state index contributed by atoms with van der Waals surface area (Å²) in [7, 11) is 1.40. The van der Waals surface area contributed by atoms with E-state index in [9.17, 15) is 13.2 Å². The van der Waals surface area contributed by atoms with Crippen LogP contribution in [0.5, 0.6) is 11.5 Å². The quantitative estimate of drug-likeness (QED) is 0.831. The fourth-order valence-electron chi connectivity index (χ4n) is 2.51. The Labute approximate surface area is 133 Å². The van der Waals surface area contributed by atoms with Crippen molar-refractivity contribution in [3.05, 3.63) is 23.8 Å². The third-order valence-electron chi connectivity index (χ3n) is 3.77. The molecule has 0 saturated carbocycles. The van der Waals surface area contributed by atoms with Gasteiger partial charge in [-0.05, 0) is 37.5 Å². The van der Waals surface area contributed by atoms with Crippen LogP contribution >= 0.6 is 0 Å². The standard InChI is InChI=1S/C16H22F3NO3/c1-11(13-4-3-7-22-13)20-9-12-5-6-14(15(8-12)21-2)23-10-16(17,18)19/h5-6,8,11,13,20H,3-4,7,9-10H2,1-2H3. The van der Waals surface area contributed by atoms with Gasteiger partial charge in [0.2, 0.25) is 0 Å². The van der Waals surface area contributed by atoms with Crippen LogP contribution in [-0.4, -0.2) is 38.6 Å². The Morgan fingerprint density at radius 3 is 2.74 bits per heavy atom. The molecular formula is C16H22F3NO3. The minimum Gasteiger partial charge on any atom is -0.493 e. The van der Waals surface area contributed by atoms with Crippen LogP contribution < -0.4 is 14.8 Å². The molecule has 1 aromatic rings. The van der Waals surface area contributed by atoms with Crippen molar-refractivity contribution in [2.24, 2.45) is 0 Å². The van der Waals surface area contributed by atoms with E-state index in [1.165, 1.54) is 13.2 Å². The molecule has 2 unspecified atom stereocenters. The Bertz CT molecular complexity index is 502. The Kier molecular flexibility index (Phi) is 6.12. The second-order valence-electron chi connectivity index (χ2n) is 5.61. The van der Waals surface area contributed by atoms with E-state index < -0.39 is 12.8 Å². The van der Waals surface area contributed by atoms with Crippen LogP contribution in [0.4, 0.5) is 13.2 Å². The van der Waals surface area contributed by atoms with Gasteiger partial charge in [0.25, 0.3) is 0 Å². The minimum absolute atomic E-state index is 0.0840. The lowest BCUT2D eigenvalue weighted by atomic mass is 10.1. The molecule has 23 heavy (non-hydrogen) atoms. The third kappa shape index (κ3) is 5.58. The van der Waals surface area contributed by atoms with E-state index in [0.29, 0.717) is 12.3 Å². The molecule has 0 spiro atoms. The smallest absolute Gasteiger partial charge is 0.422 e. The topological polar surface area (TPSA) is 39.7 Å². The number of benzene rings is 1. The van der Waals surface area contributed by atoms with Gasteiger partial charge in [0.05, 0.1) is 13.2 Å². The summed E-state index contributed by atoms with van der Waals surface area (Å²) in [5.74, 6) is 0.374. The number of ether oxygens (including phenoxy) is 3. The second-order valence-corrected chi connectivity index (χ2v) is 5.61. The van der Waals surface area contributed by atoms with Crippen molar-refractivity contribution in [2.75, 3.05) is 20.3 Å². The van der Waals surface area contributed by atoms with Gasteiger partial charge in [-0.15, -0.1) is 0 Å². The van der Waals surface area contributed by atoms with Gasteiger partial charge >= 0.3 is 6.18 Å². The van der Waals surface area contributed by atoms with Gasteiger partial charge < -0.3 is 19.5 Å². The molecule has 0 amide bonds. The summed E-state index contributed by atoms with van der Waals surface area (Å²) in [5, 5.41) is 3.37. The van der Waals surface area contributed by atoms with Gasteiger partial charge in [-0.2, -0.15) is 13.2 Å². The van der Waals surface area contributed by atoms with Crippen molar-refractivity contribution in [3.8, 4) is 11.5 Å². The van der Waals surface area contributed by atoms with Gasteiger partial charge in [-0.25, -0.2) is 0 Å². The molecule has 1 fully saturated rings. The van der Waals surface area contributed by atoms with Gasteiger partial charge in [0, 0.05) is 19.2 Å². The second kappa shape index (κ2) is 7.88. The highest BCUT2D eigenvalue weighted by molar-refractivity contribution is 5.43. The molecule has 0 aliphatic carbocycles. The van der Waals surface area contributed by atoms with Crippen LogP contribution in [-0.2, 0) is 11.3 Å². The van der Waals surface area contributed by atoms with Crippen molar-refractivity contribution >= 4 is 0 Å². The first kappa shape index (κ1) is 17.9. The number of alkyl halides is 3. The maximum atomic E-state index is 12.2. The number of hydrogen-bond acceptors (Lipinski definition) is 4. The van der Waals surface area contributed by atoms with Crippen molar-refractivity contribution in [1.29, 1.82) is 0 Å². The van der Waals surface area contributed by atoms with E-state index in [4.69, 9.17) is 14.2 Å². The van der Waals surface area contributed by atoms with E-state index >= 15 is 0 Å². The van der Waals surface area contributed by atoms with E-state index in [1.54, 1.807) is 12.1 Å². The maximum absolute atomic E-state index is 12.2. The van der Waals surface area contributed by atoms with Crippen LogP contribution in [0.3, 0.4) is 0 Å². The summed E-state index contributed by atoms with van der Waals surface area (Å²) >= 11 is 0. The van der Waals surface area contributed by atoms with E-state index in [1.807, 2.05) is 0 Å². The lowest BCUT2D eigenvalue weighted by molar-refractivity contribution is -0.153. The fourth-order valence-corrected chi connectivity index (χ4v) is 2.51. The molecule has 2 atom stereocenters. The largest absolute Gasteiger partial charge is 0.493 e. The van der Waals surface area contributed by atoms with Crippen LogP contribution in [0.25, 0.3) is 0 Å². The van der Waals surface area contributed by atoms with Gasteiger partial charge in [0.1, 0.15) is 0 Å². The van der Waals surface area contributed by atoms with E-state index in [2.05, 4.69) is 12.2 Å². The minimum atomic E-state index is -4.37. The average molecular weight is 333 g/mol. The van der Waals surface area contributed by atoms with Crippen molar-refractivity contribution in [3.63, 3.8) is 0 Å². The number of nitrogens with one attached hydrogen (secondary N) is 1. The predicted octanol–water partition coefficient (Wildman–Crippen LogP) is 3.29. The van der Waals surface area contributed by atoms with Gasteiger partial charge in [-0.3, -0.25) is 0 Å².